The van der Waals surface area contributed by atoms with Crippen LogP contribution in [-0.4, -0.2) is 56.8 Å². The van der Waals surface area contributed by atoms with Crippen LogP contribution in [0.25, 0.3) is 0 Å². The van der Waals surface area contributed by atoms with Gasteiger partial charge < -0.3 is 15.4 Å². The molecule has 5 nitrogen and oxygen atoms in total. The first kappa shape index (κ1) is 23.0. The fourth-order valence-electron chi connectivity index (χ4n) is 2.73. The van der Waals surface area contributed by atoms with Crippen LogP contribution in [0.5, 0.6) is 0 Å². The smallest absolute Gasteiger partial charge is 0.191 e. The standard InChI is InChI=1S/C18H28F2N4O.HI/c1-3-21-18(23-12-15-10-16(19)4-5-17(15)20)22-11-14(2)13-24-6-8-25-9-7-24;/h4-5,10,14H,3,6-9,11-13H2,1-2H3,(H2,21,22,23);1H. The second kappa shape index (κ2) is 12.4. The monoisotopic (exact) mass is 482 g/mol. The third-order valence-corrected chi connectivity index (χ3v) is 4.05. The summed E-state index contributed by atoms with van der Waals surface area (Å²) in [6, 6.07) is 3.42. The van der Waals surface area contributed by atoms with Gasteiger partial charge in [0.25, 0.3) is 0 Å². The molecule has 1 aliphatic rings. The van der Waals surface area contributed by atoms with Crippen molar-refractivity contribution >= 4 is 29.9 Å². The number of guanidine groups is 1. The Kier molecular flexibility index (Phi) is 11.0. The maximum atomic E-state index is 13.7. The van der Waals surface area contributed by atoms with E-state index in [1.165, 1.54) is 6.07 Å². The molecule has 0 spiro atoms. The Morgan fingerprint density at radius 1 is 1.27 bits per heavy atom. The highest BCUT2D eigenvalue weighted by molar-refractivity contribution is 14.0. The molecule has 1 aliphatic heterocycles. The maximum Gasteiger partial charge on any atom is 0.191 e. The highest BCUT2D eigenvalue weighted by atomic mass is 127. The second-order valence-corrected chi connectivity index (χ2v) is 6.33. The Balaban J connectivity index is 0.00000338. The van der Waals surface area contributed by atoms with Gasteiger partial charge in [0.2, 0.25) is 0 Å². The molecule has 1 fully saturated rings. The summed E-state index contributed by atoms with van der Waals surface area (Å²) in [6.45, 7) is 10.2. The molecule has 0 aliphatic carbocycles. The summed E-state index contributed by atoms with van der Waals surface area (Å²) in [5.41, 5.74) is 0.249. The number of aliphatic imine (C=N–C) groups is 1. The molecule has 26 heavy (non-hydrogen) atoms. The van der Waals surface area contributed by atoms with Gasteiger partial charge in [-0.25, -0.2) is 13.8 Å². The minimum atomic E-state index is -0.455. The molecule has 1 unspecified atom stereocenters. The Hall–Kier alpha value is -1.00. The van der Waals surface area contributed by atoms with Crippen LogP contribution < -0.4 is 10.6 Å². The highest BCUT2D eigenvalue weighted by Crippen LogP contribution is 2.10. The molecule has 0 saturated carbocycles. The van der Waals surface area contributed by atoms with Crippen molar-refractivity contribution in [3.8, 4) is 0 Å². The van der Waals surface area contributed by atoms with E-state index < -0.39 is 11.6 Å². The number of nitrogens with zero attached hydrogens (tertiary/aromatic N) is 2. The van der Waals surface area contributed by atoms with Crippen LogP contribution in [0.15, 0.2) is 23.2 Å². The average Bonchev–Trinajstić information content (AvgIpc) is 2.61. The van der Waals surface area contributed by atoms with Crippen LogP contribution >= 0.6 is 24.0 Å². The van der Waals surface area contributed by atoms with E-state index in [1.807, 2.05) is 6.92 Å². The van der Waals surface area contributed by atoms with Crippen molar-refractivity contribution in [2.24, 2.45) is 10.9 Å². The van der Waals surface area contributed by atoms with Gasteiger partial charge in [0.15, 0.2) is 5.96 Å². The predicted octanol–water partition coefficient (Wildman–Crippen LogP) is 2.61. The number of ether oxygens (including phenoxy) is 1. The van der Waals surface area contributed by atoms with Gasteiger partial charge in [-0.1, -0.05) is 6.92 Å². The Bertz CT molecular complexity index is 568. The van der Waals surface area contributed by atoms with Gasteiger partial charge in [-0.15, -0.1) is 24.0 Å². The zero-order chi connectivity index (χ0) is 18.1. The maximum absolute atomic E-state index is 13.7. The van der Waals surface area contributed by atoms with Crippen LogP contribution in [0.2, 0.25) is 0 Å². The number of rotatable bonds is 7. The van der Waals surface area contributed by atoms with Crippen LogP contribution in [0, 0.1) is 17.6 Å². The van der Waals surface area contributed by atoms with E-state index in [-0.39, 0.29) is 36.1 Å². The van der Waals surface area contributed by atoms with E-state index in [9.17, 15) is 8.78 Å². The van der Waals surface area contributed by atoms with Crippen LogP contribution in [-0.2, 0) is 11.3 Å². The number of benzene rings is 1. The lowest BCUT2D eigenvalue weighted by Gasteiger charge is -2.29. The molecule has 2 N–H and O–H groups in total. The number of halogens is 3. The molecule has 1 aromatic rings. The Labute approximate surface area is 171 Å². The van der Waals surface area contributed by atoms with Gasteiger partial charge in [-0.3, -0.25) is 4.90 Å². The molecule has 1 atom stereocenters. The van der Waals surface area contributed by atoms with Crippen LogP contribution in [0.1, 0.15) is 19.4 Å². The average molecular weight is 482 g/mol. The van der Waals surface area contributed by atoms with E-state index in [0.29, 0.717) is 18.4 Å². The molecule has 1 aromatic carbocycles. The van der Waals surface area contributed by atoms with Crippen molar-refractivity contribution in [3.63, 3.8) is 0 Å². The van der Waals surface area contributed by atoms with E-state index in [1.54, 1.807) is 0 Å². The normalized spacial score (nSPS) is 16.7. The minimum absolute atomic E-state index is 0. The fraction of sp³-hybridized carbons (Fsp3) is 0.611. The van der Waals surface area contributed by atoms with E-state index in [0.717, 1.165) is 51.5 Å². The summed E-state index contributed by atoms with van der Waals surface area (Å²) in [5.74, 6) is 0.151. The number of hydrogen-bond donors (Lipinski definition) is 2. The first-order valence-corrected chi connectivity index (χ1v) is 8.84. The molecular weight excluding hydrogens is 453 g/mol. The van der Waals surface area contributed by atoms with Crippen molar-refractivity contribution in [1.29, 1.82) is 0 Å². The van der Waals surface area contributed by atoms with Gasteiger partial charge >= 0.3 is 0 Å². The molecule has 0 bridgehead atoms. The minimum Gasteiger partial charge on any atom is -0.379 e. The van der Waals surface area contributed by atoms with Gasteiger partial charge in [-0.2, -0.15) is 0 Å². The van der Waals surface area contributed by atoms with Crippen molar-refractivity contribution in [1.82, 2.24) is 15.5 Å². The van der Waals surface area contributed by atoms with Gasteiger partial charge in [0.05, 0.1) is 19.8 Å². The lowest BCUT2D eigenvalue weighted by molar-refractivity contribution is 0.0320. The molecule has 0 amide bonds. The zero-order valence-corrected chi connectivity index (χ0v) is 17.8. The van der Waals surface area contributed by atoms with Crippen molar-refractivity contribution in [3.05, 3.63) is 35.4 Å². The summed E-state index contributed by atoms with van der Waals surface area (Å²) in [4.78, 5) is 6.75. The molecule has 0 aromatic heterocycles. The van der Waals surface area contributed by atoms with Crippen LogP contribution in [0.4, 0.5) is 8.78 Å². The van der Waals surface area contributed by atoms with E-state index in [2.05, 4.69) is 27.4 Å². The van der Waals surface area contributed by atoms with Crippen molar-refractivity contribution < 1.29 is 13.5 Å². The van der Waals surface area contributed by atoms with Crippen molar-refractivity contribution in [2.75, 3.05) is 45.9 Å². The summed E-state index contributed by atoms with van der Waals surface area (Å²) in [5, 5.41) is 6.41. The quantitative estimate of drug-likeness (QED) is 0.357. The second-order valence-electron chi connectivity index (χ2n) is 6.33. The number of morpholine rings is 1. The summed E-state index contributed by atoms with van der Waals surface area (Å²) < 4.78 is 32.3. The molecule has 1 heterocycles. The first-order chi connectivity index (χ1) is 12.1. The summed E-state index contributed by atoms with van der Waals surface area (Å²) in [6.07, 6.45) is 0. The highest BCUT2D eigenvalue weighted by Gasteiger charge is 2.14. The molecule has 1 saturated heterocycles. The zero-order valence-electron chi connectivity index (χ0n) is 15.4. The molecule has 0 radical (unpaired) electrons. The predicted molar refractivity (Wildman–Crippen MR) is 111 cm³/mol. The number of nitrogens with one attached hydrogen (secondary N) is 2. The first-order valence-electron chi connectivity index (χ1n) is 8.84. The van der Waals surface area contributed by atoms with Gasteiger partial charge in [-0.05, 0) is 31.0 Å². The Morgan fingerprint density at radius 2 is 2.00 bits per heavy atom. The molecule has 148 valence electrons. The summed E-state index contributed by atoms with van der Waals surface area (Å²) >= 11 is 0. The third kappa shape index (κ3) is 8.13. The molecular formula is C18H29F2IN4O. The summed E-state index contributed by atoms with van der Waals surface area (Å²) in [7, 11) is 0. The largest absolute Gasteiger partial charge is 0.379 e. The molecule has 2 rings (SSSR count). The van der Waals surface area contributed by atoms with Gasteiger partial charge in [0, 0.05) is 38.3 Å². The fourth-order valence-corrected chi connectivity index (χ4v) is 2.73. The SMILES string of the molecule is CCNC(=NCc1cc(F)ccc1F)NCC(C)CN1CCOCC1.I. The number of hydrogen-bond acceptors (Lipinski definition) is 3. The van der Waals surface area contributed by atoms with Crippen LogP contribution in [0.3, 0.4) is 0 Å². The third-order valence-electron chi connectivity index (χ3n) is 4.05. The molecule has 8 heteroatoms. The lowest BCUT2D eigenvalue weighted by atomic mass is 10.1. The lowest BCUT2D eigenvalue weighted by Crippen LogP contribution is -2.44. The Morgan fingerprint density at radius 3 is 2.69 bits per heavy atom. The van der Waals surface area contributed by atoms with Crippen molar-refractivity contribution in [2.45, 2.75) is 20.4 Å². The topological polar surface area (TPSA) is 48.9 Å². The van der Waals surface area contributed by atoms with Gasteiger partial charge in [0.1, 0.15) is 11.6 Å². The van der Waals surface area contributed by atoms with E-state index >= 15 is 0 Å². The van der Waals surface area contributed by atoms with E-state index in [4.69, 9.17) is 4.74 Å².